The Bertz CT molecular complexity index is 1450. The molecule has 8 fully saturated rings. The van der Waals surface area contributed by atoms with Gasteiger partial charge in [-0.2, -0.15) is 0 Å². The highest BCUT2D eigenvalue weighted by atomic mass is 32.2. The average Bonchev–Trinajstić information content (AvgIpc) is 3.30. The number of sulfone groups is 1. The molecule has 0 aromatic heterocycles. The van der Waals surface area contributed by atoms with Gasteiger partial charge < -0.3 is 41.0 Å². The van der Waals surface area contributed by atoms with Crippen molar-refractivity contribution in [2.75, 3.05) is 32.4 Å². The third kappa shape index (κ3) is 10.5. The summed E-state index contributed by atoms with van der Waals surface area (Å²) in [5, 5.41) is 40.2. The van der Waals surface area contributed by atoms with Crippen molar-refractivity contribution in [3.05, 3.63) is 0 Å². The first kappa shape index (κ1) is 48.1. The molecule has 0 amide bonds. The summed E-state index contributed by atoms with van der Waals surface area (Å²) >= 11 is 0. The molecule has 0 bridgehead atoms. The van der Waals surface area contributed by atoms with Crippen LogP contribution in [0.3, 0.4) is 0 Å². The van der Waals surface area contributed by atoms with E-state index in [1.165, 1.54) is 57.6 Å². The molecular formula is C51H92N4O6S. The van der Waals surface area contributed by atoms with E-state index in [1.54, 1.807) is 0 Å². The molecule has 6 N–H and O–H groups in total. The molecule has 10 unspecified atom stereocenters. The van der Waals surface area contributed by atoms with Crippen molar-refractivity contribution >= 4 is 9.84 Å². The van der Waals surface area contributed by atoms with E-state index in [4.69, 9.17) is 9.47 Å². The molecule has 4 aliphatic carbocycles. The number of rotatable bonds is 13. The summed E-state index contributed by atoms with van der Waals surface area (Å²) in [6, 6.07) is 0.152. The Hall–Kier alpha value is -0.370. The quantitative estimate of drug-likeness (QED) is 0.110. The molecule has 10 atom stereocenters. The molecule has 4 saturated heterocycles. The second-order valence-electron chi connectivity index (χ2n) is 23.3. The van der Waals surface area contributed by atoms with E-state index in [0.29, 0.717) is 36.7 Å². The van der Waals surface area contributed by atoms with Crippen molar-refractivity contribution in [1.29, 1.82) is 0 Å². The molecule has 62 heavy (non-hydrogen) atoms. The molecule has 11 heteroatoms. The van der Waals surface area contributed by atoms with Gasteiger partial charge in [-0.25, -0.2) is 8.42 Å². The third-order valence-electron chi connectivity index (χ3n) is 19.3. The summed E-state index contributed by atoms with van der Waals surface area (Å²) in [4.78, 5) is 0. The normalized spacial score (nSPS) is 42.9. The van der Waals surface area contributed by atoms with E-state index in [9.17, 15) is 18.6 Å². The van der Waals surface area contributed by atoms with Crippen LogP contribution in [-0.2, 0) is 19.3 Å². The monoisotopic (exact) mass is 889 g/mol. The van der Waals surface area contributed by atoms with E-state index in [1.807, 2.05) is 0 Å². The minimum atomic E-state index is -3.35. The van der Waals surface area contributed by atoms with Gasteiger partial charge in [0.1, 0.15) is 0 Å². The zero-order chi connectivity index (χ0) is 43.5. The van der Waals surface area contributed by atoms with Gasteiger partial charge >= 0.3 is 0 Å². The van der Waals surface area contributed by atoms with E-state index in [2.05, 4.69) is 42.0 Å². The zero-order valence-corrected chi connectivity index (χ0v) is 40.5. The Labute approximate surface area is 378 Å². The summed E-state index contributed by atoms with van der Waals surface area (Å²) in [7, 11) is -3.35. The molecule has 358 valence electrons. The highest BCUT2D eigenvalue weighted by molar-refractivity contribution is 7.91. The number of aliphatic hydroxyl groups is 2. The van der Waals surface area contributed by atoms with Crippen LogP contribution < -0.4 is 21.3 Å². The first-order valence-electron chi connectivity index (χ1n) is 26.7. The number of ether oxygens (including phenoxy) is 2. The van der Waals surface area contributed by atoms with Crippen LogP contribution in [-0.4, -0.2) is 116 Å². The lowest BCUT2D eigenvalue weighted by Crippen LogP contribution is -2.70. The van der Waals surface area contributed by atoms with Crippen LogP contribution in [0.2, 0.25) is 0 Å². The van der Waals surface area contributed by atoms with E-state index in [0.717, 1.165) is 129 Å². The fourth-order valence-electron chi connectivity index (χ4n) is 15.5. The first-order valence-corrected chi connectivity index (χ1v) is 28.6. The van der Waals surface area contributed by atoms with Gasteiger partial charge in [-0.05, 0) is 197 Å². The van der Waals surface area contributed by atoms with Gasteiger partial charge in [-0.1, -0.05) is 46.5 Å². The van der Waals surface area contributed by atoms with E-state index >= 15 is 0 Å². The Kier molecular flexibility index (Phi) is 16.2. The van der Waals surface area contributed by atoms with Crippen LogP contribution >= 0.6 is 0 Å². The van der Waals surface area contributed by atoms with Crippen LogP contribution in [0.5, 0.6) is 0 Å². The lowest BCUT2D eigenvalue weighted by atomic mass is 9.60. The highest BCUT2D eigenvalue weighted by Gasteiger charge is 2.57. The number of hydrogen-bond donors (Lipinski definition) is 6. The predicted octanol–water partition coefficient (Wildman–Crippen LogP) is 7.58. The van der Waals surface area contributed by atoms with Gasteiger partial charge in [0.05, 0.1) is 40.9 Å². The first-order chi connectivity index (χ1) is 29.8. The van der Waals surface area contributed by atoms with Gasteiger partial charge in [-0.15, -0.1) is 0 Å². The SMILES string of the molecule is CC1CCC(OC2CCC(C(C)(C)C3CCC(OC4CCC(S(C)(=O)=O)C(C(O)(C5CCCCN5)C5CCCCN5)C4)CC3)CC2)CC1C(O)(C1CCCCN1)C1CCCCN1. The molecular weight excluding hydrogens is 797 g/mol. The smallest absolute Gasteiger partial charge is 0.150 e. The highest BCUT2D eigenvalue weighted by Crippen LogP contribution is 2.51. The average molecular weight is 889 g/mol. The maximum absolute atomic E-state index is 13.4. The molecule has 4 saturated carbocycles. The van der Waals surface area contributed by atoms with Gasteiger partial charge in [0, 0.05) is 36.3 Å². The minimum Gasteiger partial charge on any atom is -0.386 e. The van der Waals surface area contributed by atoms with Gasteiger partial charge in [0.15, 0.2) is 9.84 Å². The molecule has 0 aromatic rings. The second-order valence-corrected chi connectivity index (χ2v) is 25.5. The van der Waals surface area contributed by atoms with Crippen LogP contribution in [0.15, 0.2) is 0 Å². The molecule has 0 aromatic carbocycles. The molecule has 0 radical (unpaired) electrons. The number of nitrogens with one attached hydrogen (secondary N) is 4. The van der Waals surface area contributed by atoms with Crippen LogP contribution in [0.1, 0.15) is 188 Å². The Balaban J connectivity index is 0.835. The van der Waals surface area contributed by atoms with Gasteiger partial charge in [-0.3, -0.25) is 0 Å². The number of piperidine rings is 4. The summed E-state index contributed by atoms with van der Waals surface area (Å²) in [5.41, 5.74) is -1.57. The van der Waals surface area contributed by atoms with Gasteiger partial charge in [0.2, 0.25) is 0 Å². The lowest BCUT2D eigenvalue weighted by molar-refractivity contribution is -0.148. The minimum absolute atomic E-state index is 0.00847. The van der Waals surface area contributed by atoms with Crippen LogP contribution in [0, 0.1) is 35.0 Å². The zero-order valence-electron chi connectivity index (χ0n) is 39.7. The standard InChI is InChI=1S/C51H92N4O6S/c1-35-17-22-40(33-42(35)50(56,45-13-5-9-29-52-45)46-14-6-10-30-53-46)60-38-23-18-36(19-24-38)49(2,3)37-20-25-39(26-21-37)61-41-27-28-44(62(4,58)59)43(34-41)51(57,47-15-7-11-31-54-47)48-16-8-12-32-55-48/h35-48,52-57H,5-34H2,1-4H3. The third-order valence-corrected chi connectivity index (χ3v) is 21.0. The van der Waals surface area contributed by atoms with Crippen molar-refractivity contribution in [2.24, 2.45) is 35.0 Å². The second kappa shape index (κ2) is 20.9. The number of hydrogen-bond acceptors (Lipinski definition) is 10. The predicted molar refractivity (Wildman–Crippen MR) is 250 cm³/mol. The van der Waals surface area contributed by atoms with E-state index in [-0.39, 0.29) is 59.7 Å². The topological polar surface area (TPSA) is 141 Å². The molecule has 8 aliphatic rings. The molecule has 4 aliphatic heterocycles. The Morgan fingerprint density at radius 3 is 1.19 bits per heavy atom. The fourth-order valence-corrected chi connectivity index (χ4v) is 17.0. The summed E-state index contributed by atoms with van der Waals surface area (Å²) < 4.78 is 40.9. The van der Waals surface area contributed by atoms with E-state index < -0.39 is 26.3 Å². The molecule has 0 spiro atoms. The van der Waals surface area contributed by atoms with Crippen LogP contribution in [0.25, 0.3) is 0 Å². The van der Waals surface area contributed by atoms with Crippen molar-refractivity contribution in [1.82, 2.24) is 21.3 Å². The summed E-state index contributed by atoms with van der Waals surface area (Å²) in [5.74, 6) is 1.80. The molecule has 4 heterocycles. The van der Waals surface area contributed by atoms with Gasteiger partial charge in [0.25, 0.3) is 0 Å². The maximum Gasteiger partial charge on any atom is 0.150 e. The van der Waals surface area contributed by atoms with Crippen molar-refractivity contribution in [3.63, 3.8) is 0 Å². The van der Waals surface area contributed by atoms with Crippen LogP contribution in [0.4, 0.5) is 0 Å². The summed E-state index contributed by atoms with van der Waals surface area (Å²) in [6.07, 6.45) is 29.8. The molecule has 10 nitrogen and oxygen atoms in total. The van der Waals surface area contributed by atoms with Crippen molar-refractivity contribution < 1.29 is 28.1 Å². The van der Waals surface area contributed by atoms with Crippen molar-refractivity contribution in [3.8, 4) is 0 Å². The largest absolute Gasteiger partial charge is 0.386 e. The molecule has 8 rings (SSSR count). The lowest BCUT2D eigenvalue weighted by Gasteiger charge is -2.54. The fraction of sp³-hybridized carbons (Fsp3) is 1.00. The maximum atomic E-state index is 13.4. The Morgan fingerprint density at radius 2 is 0.823 bits per heavy atom. The van der Waals surface area contributed by atoms with Crippen molar-refractivity contribution in [2.45, 2.75) is 253 Å². The Morgan fingerprint density at radius 1 is 0.468 bits per heavy atom. The summed E-state index contributed by atoms with van der Waals surface area (Å²) in [6.45, 7) is 11.3.